The zero-order valence-electron chi connectivity index (χ0n) is 17.2. The second kappa shape index (κ2) is 9.86. The van der Waals surface area contributed by atoms with Gasteiger partial charge < -0.3 is 20.7 Å². The van der Waals surface area contributed by atoms with E-state index >= 15 is 0 Å². The second-order valence-corrected chi connectivity index (χ2v) is 7.23. The Labute approximate surface area is 174 Å². The number of carbonyl (C=O) groups is 5. The first-order valence-corrected chi connectivity index (χ1v) is 9.62. The van der Waals surface area contributed by atoms with Crippen LogP contribution in [0.2, 0.25) is 0 Å². The van der Waals surface area contributed by atoms with Gasteiger partial charge >= 0.3 is 12.0 Å². The van der Waals surface area contributed by atoms with Crippen molar-refractivity contribution in [2.45, 2.75) is 45.6 Å². The van der Waals surface area contributed by atoms with Crippen molar-refractivity contribution < 1.29 is 28.7 Å². The summed E-state index contributed by atoms with van der Waals surface area (Å²) in [7, 11) is 0. The minimum absolute atomic E-state index is 0.251. The molecule has 0 bridgehead atoms. The van der Waals surface area contributed by atoms with Gasteiger partial charge in [-0.3, -0.25) is 24.1 Å². The van der Waals surface area contributed by atoms with Gasteiger partial charge in [0.1, 0.15) is 12.1 Å². The van der Waals surface area contributed by atoms with Crippen LogP contribution in [0.15, 0.2) is 24.3 Å². The van der Waals surface area contributed by atoms with Gasteiger partial charge in [0.2, 0.25) is 5.91 Å². The van der Waals surface area contributed by atoms with Crippen LogP contribution < -0.4 is 16.0 Å². The largest absolute Gasteiger partial charge is 0.454 e. The molecule has 1 aliphatic heterocycles. The van der Waals surface area contributed by atoms with Crippen LogP contribution in [0.5, 0.6) is 0 Å². The molecule has 162 valence electrons. The zero-order valence-corrected chi connectivity index (χ0v) is 17.2. The molecule has 0 saturated carbocycles. The van der Waals surface area contributed by atoms with Crippen molar-refractivity contribution in [2.75, 3.05) is 23.8 Å². The SMILES string of the molecule is CCCC[C@]1(C)NC(=O)N(CC(=O)OCC(=O)Nc2cccc(NC(C)=O)c2)C1=O. The van der Waals surface area contributed by atoms with E-state index in [4.69, 9.17) is 4.74 Å². The fraction of sp³-hybridized carbons (Fsp3) is 0.450. The molecule has 1 atom stereocenters. The van der Waals surface area contributed by atoms with E-state index < -0.39 is 42.5 Å². The Kier molecular flexibility index (Phi) is 7.51. The fourth-order valence-corrected chi connectivity index (χ4v) is 2.99. The highest BCUT2D eigenvalue weighted by atomic mass is 16.5. The number of unbranched alkanes of at least 4 members (excludes halogenated alkanes) is 1. The normalized spacial score (nSPS) is 18.0. The molecule has 0 spiro atoms. The van der Waals surface area contributed by atoms with Crippen molar-refractivity contribution in [3.05, 3.63) is 24.3 Å². The number of nitrogens with one attached hydrogen (secondary N) is 3. The van der Waals surface area contributed by atoms with Gasteiger partial charge in [0.05, 0.1) is 0 Å². The third-order valence-electron chi connectivity index (χ3n) is 4.49. The number of hydrogen-bond acceptors (Lipinski definition) is 6. The van der Waals surface area contributed by atoms with E-state index in [2.05, 4.69) is 16.0 Å². The number of hydrogen-bond donors (Lipinski definition) is 3. The predicted molar refractivity (Wildman–Crippen MR) is 109 cm³/mol. The van der Waals surface area contributed by atoms with Crippen LogP contribution in [0.4, 0.5) is 16.2 Å². The zero-order chi connectivity index (χ0) is 22.3. The summed E-state index contributed by atoms with van der Waals surface area (Å²) < 4.78 is 4.88. The van der Waals surface area contributed by atoms with Crippen LogP contribution in [0.25, 0.3) is 0 Å². The Morgan fingerprint density at radius 3 is 2.47 bits per heavy atom. The van der Waals surface area contributed by atoms with Crippen molar-refractivity contribution >= 4 is 41.1 Å². The molecular weight excluding hydrogens is 392 g/mol. The third kappa shape index (κ3) is 6.03. The molecule has 2 rings (SSSR count). The third-order valence-corrected chi connectivity index (χ3v) is 4.49. The molecule has 0 radical (unpaired) electrons. The van der Waals surface area contributed by atoms with Gasteiger partial charge in [-0.2, -0.15) is 0 Å². The van der Waals surface area contributed by atoms with Crippen LogP contribution in [-0.2, 0) is 23.9 Å². The molecule has 0 aromatic heterocycles. The molecule has 1 heterocycles. The van der Waals surface area contributed by atoms with Crippen molar-refractivity contribution in [3.63, 3.8) is 0 Å². The number of anilines is 2. The van der Waals surface area contributed by atoms with E-state index in [0.717, 1.165) is 17.7 Å². The molecule has 30 heavy (non-hydrogen) atoms. The number of urea groups is 1. The van der Waals surface area contributed by atoms with Crippen LogP contribution >= 0.6 is 0 Å². The first kappa shape index (κ1) is 22.9. The van der Waals surface area contributed by atoms with Gasteiger partial charge in [-0.05, 0) is 31.5 Å². The highest BCUT2D eigenvalue weighted by Crippen LogP contribution is 2.23. The van der Waals surface area contributed by atoms with Gasteiger partial charge in [-0.25, -0.2) is 4.79 Å². The van der Waals surface area contributed by atoms with Crippen LogP contribution in [0.1, 0.15) is 40.0 Å². The lowest BCUT2D eigenvalue weighted by Gasteiger charge is -2.21. The summed E-state index contributed by atoms with van der Waals surface area (Å²) in [4.78, 5) is 60.5. The highest BCUT2D eigenvalue weighted by Gasteiger charge is 2.47. The van der Waals surface area contributed by atoms with Crippen LogP contribution in [0, 0.1) is 0 Å². The summed E-state index contributed by atoms with van der Waals surface area (Å²) in [6, 6.07) is 5.79. The summed E-state index contributed by atoms with van der Waals surface area (Å²) >= 11 is 0. The average molecular weight is 418 g/mol. The molecule has 1 aliphatic rings. The van der Waals surface area contributed by atoms with Gasteiger partial charge in [0.15, 0.2) is 6.61 Å². The fourth-order valence-electron chi connectivity index (χ4n) is 2.99. The lowest BCUT2D eigenvalue weighted by molar-refractivity contribution is -0.150. The molecule has 1 aromatic rings. The number of rotatable bonds is 9. The Hall–Kier alpha value is -3.43. The topological polar surface area (TPSA) is 134 Å². The van der Waals surface area contributed by atoms with Gasteiger partial charge in [0, 0.05) is 18.3 Å². The van der Waals surface area contributed by atoms with E-state index in [1.54, 1.807) is 31.2 Å². The highest BCUT2D eigenvalue weighted by molar-refractivity contribution is 6.08. The summed E-state index contributed by atoms with van der Waals surface area (Å²) in [5.74, 6) is -2.22. The summed E-state index contributed by atoms with van der Waals surface area (Å²) in [6.07, 6.45) is 2.09. The quantitative estimate of drug-likeness (QED) is 0.412. The molecule has 10 nitrogen and oxygen atoms in total. The molecule has 1 aromatic carbocycles. The monoisotopic (exact) mass is 418 g/mol. The Bertz CT molecular complexity index is 855. The van der Waals surface area contributed by atoms with Gasteiger partial charge in [0.25, 0.3) is 11.8 Å². The Balaban J connectivity index is 1.84. The van der Waals surface area contributed by atoms with Crippen molar-refractivity contribution in [2.24, 2.45) is 0 Å². The molecule has 0 unspecified atom stereocenters. The molecular formula is C20H26N4O6. The smallest absolute Gasteiger partial charge is 0.326 e. The second-order valence-electron chi connectivity index (χ2n) is 7.23. The van der Waals surface area contributed by atoms with E-state index in [-0.39, 0.29) is 5.91 Å². The number of imide groups is 1. The van der Waals surface area contributed by atoms with Crippen molar-refractivity contribution in [1.29, 1.82) is 0 Å². The predicted octanol–water partition coefficient (Wildman–Crippen LogP) is 1.63. The number of ether oxygens (including phenoxy) is 1. The van der Waals surface area contributed by atoms with E-state index in [1.807, 2.05) is 6.92 Å². The summed E-state index contributed by atoms with van der Waals surface area (Å²) in [5.41, 5.74) is -0.131. The number of nitrogens with zero attached hydrogens (tertiary/aromatic N) is 1. The molecule has 5 amide bonds. The number of benzene rings is 1. The average Bonchev–Trinajstić information content (AvgIpc) is 2.88. The minimum atomic E-state index is -1.04. The molecule has 0 aliphatic carbocycles. The van der Waals surface area contributed by atoms with Gasteiger partial charge in [-0.1, -0.05) is 25.8 Å². The number of esters is 1. The molecule has 10 heteroatoms. The Morgan fingerprint density at radius 2 is 1.83 bits per heavy atom. The summed E-state index contributed by atoms with van der Waals surface area (Å²) in [5, 5.41) is 7.72. The van der Waals surface area contributed by atoms with Crippen LogP contribution in [-0.4, -0.2) is 53.3 Å². The van der Waals surface area contributed by atoms with E-state index in [0.29, 0.717) is 17.8 Å². The van der Waals surface area contributed by atoms with Gasteiger partial charge in [-0.15, -0.1) is 0 Å². The molecule has 1 saturated heterocycles. The molecule has 1 fully saturated rings. The summed E-state index contributed by atoms with van der Waals surface area (Å²) in [6.45, 7) is 3.80. The molecule has 3 N–H and O–H groups in total. The lowest BCUT2D eigenvalue weighted by atomic mass is 9.95. The van der Waals surface area contributed by atoms with Crippen molar-refractivity contribution in [3.8, 4) is 0 Å². The number of amides is 5. The number of carbonyl (C=O) groups excluding carboxylic acids is 5. The maximum Gasteiger partial charge on any atom is 0.326 e. The van der Waals surface area contributed by atoms with E-state index in [9.17, 15) is 24.0 Å². The first-order valence-electron chi connectivity index (χ1n) is 9.62. The maximum atomic E-state index is 12.5. The standard InChI is InChI=1S/C20H26N4O6/c1-4-5-9-20(3)18(28)24(19(29)23-20)11-17(27)30-12-16(26)22-15-8-6-7-14(10-15)21-13(2)25/h6-8,10H,4-5,9,11-12H2,1-3H3,(H,21,25)(H,22,26)(H,23,29)/t20-/m0/s1. The Morgan fingerprint density at radius 1 is 1.17 bits per heavy atom. The van der Waals surface area contributed by atoms with Crippen molar-refractivity contribution in [1.82, 2.24) is 10.2 Å². The maximum absolute atomic E-state index is 12.5. The van der Waals surface area contributed by atoms with E-state index in [1.165, 1.54) is 6.92 Å². The lowest BCUT2D eigenvalue weighted by Crippen LogP contribution is -2.44. The van der Waals surface area contributed by atoms with Crippen LogP contribution in [0.3, 0.4) is 0 Å². The minimum Gasteiger partial charge on any atom is -0.454 e. The first-order chi connectivity index (χ1) is 14.1.